The number of hydrogen-bond acceptors (Lipinski definition) is 4. The molecule has 0 bridgehead atoms. The lowest BCUT2D eigenvalue weighted by Crippen LogP contribution is -2.35. The molecule has 1 aliphatic heterocycles. The van der Waals surface area contributed by atoms with Crippen molar-refractivity contribution in [1.29, 1.82) is 0 Å². The van der Waals surface area contributed by atoms with Gasteiger partial charge in [-0.1, -0.05) is 6.92 Å². The Morgan fingerprint density at radius 3 is 2.24 bits per heavy atom. The fourth-order valence-electron chi connectivity index (χ4n) is 2.95. The zero-order valence-corrected chi connectivity index (χ0v) is 13.5. The molecule has 0 unspecified atom stereocenters. The van der Waals surface area contributed by atoms with Crippen LogP contribution < -0.4 is 14.8 Å². The molecule has 2 rings (SSSR count). The molecule has 0 amide bonds. The zero-order chi connectivity index (χ0) is 15.1. The van der Waals surface area contributed by atoms with E-state index in [9.17, 15) is 0 Å². The highest BCUT2D eigenvalue weighted by Crippen LogP contribution is 2.24. The van der Waals surface area contributed by atoms with Gasteiger partial charge in [-0.25, -0.2) is 0 Å². The van der Waals surface area contributed by atoms with Crippen LogP contribution >= 0.6 is 0 Å². The number of hydrogen-bond donors (Lipinski definition) is 1. The Morgan fingerprint density at radius 1 is 1.10 bits per heavy atom. The molecular formula is C17H28N2O2. The van der Waals surface area contributed by atoms with E-state index in [1.165, 1.54) is 24.9 Å². The van der Waals surface area contributed by atoms with Gasteiger partial charge in [0.1, 0.15) is 11.5 Å². The first-order chi connectivity index (χ1) is 10.2. The molecule has 4 nitrogen and oxygen atoms in total. The SMILES string of the molecule is CCN(Cc1cc(OC)cc(OC)c1)CC1CCNCC1. The second-order valence-electron chi connectivity index (χ2n) is 5.74. The van der Waals surface area contributed by atoms with Gasteiger partial charge < -0.3 is 14.8 Å². The highest BCUT2D eigenvalue weighted by atomic mass is 16.5. The maximum absolute atomic E-state index is 5.36. The first-order valence-corrected chi connectivity index (χ1v) is 7.90. The first-order valence-electron chi connectivity index (χ1n) is 7.90. The Balaban J connectivity index is 1.99. The van der Waals surface area contributed by atoms with E-state index in [1.54, 1.807) is 14.2 Å². The fraction of sp³-hybridized carbons (Fsp3) is 0.647. The van der Waals surface area contributed by atoms with Crippen LogP contribution in [0.15, 0.2) is 18.2 Å². The summed E-state index contributed by atoms with van der Waals surface area (Å²) in [6.07, 6.45) is 2.58. The Hall–Kier alpha value is -1.26. The molecule has 0 aromatic heterocycles. The Kier molecular flexibility index (Phi) is 6.33. The summed E-state index contributed by atoms with van der Waals surface area (Å²) in [4.78, 5) is 2.52. The van der Waals surface area contributed by atoms with E-state index in [1.807, 2.05) is 6.07 Å². The van der Waals surface area contributed by atoms with E-state index in [0.717, 1.165) is 43.6 Å². The van der Waals surface area contributed by atoms with Gasteiger partial charge in [-0.05, 0) is 56.1 Å². The number of nitrogens with one attached hydrogen (secondary N) is 1. The maximum atomic E-state index is 5.36. The van der Waals surface area contributed by atoms with Crippen LogP contribution in [0, 0.1) is 5.92 Å². The molecule has 4 heteroatoms. The van der Waals surface area contributed by atoms with Crippen LogP contribution in [0.1, 0.15) is 25.3 Å². The number of rotatable bonds is 7. The summed E-state index contributed by atoms with van der Waals surface area (Å²) in [5, 5.41) is 3.43. The first kappa shape index (κ1) is 16.1. The van der Waals surface area contributed by atoms with E-state index >= 15 is 0 Å². The van der Waals surface area contributed by atoms with Gasteiger partial charge >= 0.3 is 0 Å². The second kappa shape index (κ2) is 8.25. The molecule has 118 valence electrons. The van der Waals surface area contributed by atoms with Crippen molar-refractivity contribution in [2.75, 3.05) is 40.4 Å². The number of piperidine rings is 1. The van der Waals surface area contributed by atoms with Crippen LogP contribution in [0.5, 0.6) is 11.5 Å². The highest BCUT2D eigenvalue weighted by molar-refractivity contribution is 5.38. The molecule has 1 aliphatic rings. The molecule has 0 aliphatic carbocycles. The summed E-state index contributed by atoms with van der Waals surface area (Å²) < 4.78 is 10.7. The van der Waals surface area contributed by atoms with Crippen molar-refractivity contribution in [2.24, 2.45) is 5.92 Å². The van der Waals surface area contributed by atoms with Crippen molar-refractivity contribution in [3.8, 4) is 11.5 Å². The van der Waals surface area contributed by atoms with Gasteiger partial charge in [0, 0.05) is 19.2 Å². The molecule has 0 radical (unpaired) electrons. The number of ether oxygens (including phenoxy) is 2. The van der Waals surface area contributed by atoms with Crippen molar-refractivity contribution < 1.29 is 9.47 Å². The number of benzene rings is 1. The smallest absolute Gasteiger partial charge is 0.122 e. The molecular weight excluding hydrogens is 264 g/mol. The summed E-state index contributed by atoms with van der Waals surface area (Å²) in [5.41, 5.74) is 1.25. The lowest BCUT2D eigenvalue weighted by atomic mass is 9.97. The van der Waals surface area contributed by atoms with Crippen LogP contribution in [-0.4, -0.2) is 45.3 Å². The normalized spacial score (nSPS) is 16.2. The summed E-state index contributed by atoms with van der Waals surface area (Å²) >= 11 is 0. The predicted molar refractivity (Wildman–Crippen MR) is 86.1 cm³/mol. The van der Waals surface area contributed by atoms with Crippen molar-refractivity contribution in [3.63, 3.8) is 0 Å². The summed E-state index contributed by atoms with van der Waals surface area (Å²) in [6, 6.07) is 6.13. The van der Waals surface area contributed by atoms with E-state index in [-0.39, 0.29) is 0 Å². The van der Waals surface area contributed by atoms with E-state index in [2.05, 4.69) is 29.3 Å². The molecule has 0 spiro atoms. The molecule has 1 aromatic rings. The van der Waals surface area contributed by atoms with Crippen molar-refractivity contribution in [1.82, 2.24) is 10.2 Å². The van der Waals surface area contributed by atoms with Crippen molar-refractivity contribution in [2.45, 2.75) is 26.3 Å². The quantitative estimate of drug-likeness (QED) is 0.837. The zero-order valence-electron chi connectivity index (χ0n) is 13.5. The van der Waals surface area contributed by atoms with Gasteiger partial charge in [-0.2, -0.15) is 0 Å². The Bertz CT molecular complexity index is 409. The van der Waals surface area contributed by atoms with E-state index in [4.69, 9.17) is 9.47 Å². The monoisotopic (exact) mass is 292 g/mol. The minimum Gasteiger partial charge on any atom is -0.497 e. The van der Waals surface area contributed by atoms with Crippen LogP contribution in [0.25, 0.3) is 0 Å². The molecule has 1 fully saturated rings. The molecule has 21 heavy (non-hydrogen) atoms. The van der Waals surface area contributed by atoms with Gasteiger partial charge in [-0.3, -0.25) is 4.90 Å². The Labute approximate surface area is 128 Å². The van der Waals surface area contributed by atoms with Gasteiger partial charge in [0.05, 0.1) is 14.2 Å². The van der Waals surface area contributed by atoms with Crippen molar-refractivity contribution >= 4 is 0 Å². The standard InChI is InChI=1S/C17H28N2O2/c1-4-19(12-14-5-7-18-8-6-14)13-15-9-16(20-2)11-17(10-15)21-3/h9-11,14,18H,4-8,12-13H2,1-3H3. The van der Waals surface area contributed by atoms with Gasteiger partial charge in [0.15, 0.2) is 0 Å². The molecule has 1 heterocycles. The summed E-state index contributed by atoms with van der Waals surface area (Å²) in [6.45, 7) is 7.76. The third-order valence-corrected chi connectivity index (χ3v) is 4.24. The lowest BCUT2D eigenvalue weighted by molar-refractivity contribution is 0.206. The van der Waals surface area contributed by atoms with Gasteiger partial charge in [-0.15, -0.1) is 0 Å². The van der Waals surface area contributed by atoms with E-state index < -0.39 is 0 Å². The number of nitrogens with zero attached hydrogens (tertiary/aromatic N) is 1. The van der Waals surface area contributed by atoms with Crippen LogP contribution in [0.4, 0.5) is 0 Å². The van der Waals surface area contributed by atoms with Crippen LogP contribution in [-0.2, 0) is 6.54 Å². The Morgan fingerprint density at radius 2 is 1.71 bits per heavy atom. The highest BCUT2D eigenvalue weighted by Gasteiger charge is 2.16. The molecule has 0 atom stereocenters. The van der Waals surface area contributed by atoms with Crippen LogP contribution in [0.3, 0.4) is 0 Å². The van der Waals surface area contributed by atoms with Crippen molar-refractivity contribution in [3.05, 3.63) is 23.8 Å². The fourth-order valence-corrected chi connectivity index (χ4v) is 2.95. The number of methoxy groups -OCH3 is 2. The largest absolute Gasteiger partial charge is 0.497 e. The second-order valence-corrected chi connectivity index (χ2v) is 5.74. The van der Waals surface area contributed by atoms with Crippen LogP contribution in [0.2, 0.25) is 0 Å². The average Bonchev–Trinajstić information content (AvgIpc) is 2.54. The third kappa shape index (κ3) is 4.90. The van der Waals surface area contributed by atoms with Gasteiger partial charge in [0.25, 0.3) is 0 Å². The molecule has 1 saturated heterocycles. The molecule has 1 N–H and O–H groups in total. The lowest BCUT2D eigenvalue weighted by Gasteiger charge is -2.29. The third-order valence-electron chi connectivity index (χ3n) is 4.24. The van der Waals surface area contributed by atoms with E-state index in [0.29, 0.717) is 0 Å². The minimum absolute atomic E-state index is 0.818. The predicted octanol–water partition coefficient (Wildman–Crippen LogP) is 2.53. The average molecular weight is 292 g/mol. The maximum Gasteiger partial charge on any atom is 0.122 e. The summed E-state index contributed by atoms with van der Waals surface area (Å²) in [5.74, 6) is 2.54. The minimum atomic E-state index is 0.818. The van der Waals surface area contributed by atoms with Gasteiger partial charge in [0.2, 0.25) is 0 Å². The topological polar surface area (TPSA) is 33.7 Å². The molecule has 1 aromatic carbocycles. The molecule has 0 saturated carbocycles. The summed E-state index contributed by atoms with van der Waals surface area (Å²) in [7, 11) is 3.40.